The van der Waals surface area contributed by atoms with Gasteiger partial charge in [-0.2, -0.15) is 0 Å². The lowest BCUT2D eigenvalue weighted by molar-refractivity contribution is -0.131. The van der Waals surface area contributed by atoms with Crippen molar-refractivity contribution in [3.63, 3.8) is 0 Å². The Kier molecular flexibility index (Phi) is 5.00. The number of rotatable bonds is 5. The second kappa shape index (κ2) is 7.84. The van der Waals surface area contributed by atoms with Crippen molar-refractivity contribution in [2.75, 3.05) is 26.7 Å². The summed E-state index contributed by atoms with van der Waals surface area (Å²) in [7, 11) is 1.70. The number of carbonyl (C=O) groups excluding carboxylic acids is 2. The molecule has 2 fully saturated rings. The molecular formula is C25H25FN2O3. The van der Waals surface area contributed by atoms with E-state index >= 15 is 0 Å². The smallest absolute Gasteiger partial charge is 0.256 e. The zero-order valence-corrected chi connectivity index (χ0v) is 17.5. The molecule has 1 saturated carbocycles. The summed E-state index contributed by atoms with van der Waals surface area (Å²) in [6.07, 6.45) is 4.51. The molecule has 1 aromatic heterocycles. The number of furan rings is 1. The highest BCUT2D eigenvalue weighted by Crippen LogP contribution is 2.33. The third-order valence-electron chi connectivity index (χ3n) is 6.39. The lowest BCUT2D eigenvalue weighted by atomic mass is 10.0. The lowest BCUT2D eigenvalue weighted by Gasteiger charge is -2.22. The Morgan fingerprint density at radius 3 is 2.65 bits per heavy atom. The SMILES string of the molecule is CN(C[C@@H]1CCN(C(=O)C2CC2)C1)C(=O)c1ccc(-c2ccc3occc3c2)cc1F. The number of hydrogen-bond donors (Lipinski definition) is 0. The van der Waals surface area contributed by atoms with Crippen LogP contribution in [0.4, 0.5) is 4.39 Å². The summed E-state index contributed by atoms with van der Waals surface area (Å²) in [6.45, 7) is 1.96. The van der Waals surface area contributed by atoms with Crippen LogP contribution in [-0.2, 0) is 4.79 Å². The minimum absolute atomic E-state index is 0.0690. The third kappa shape index (κ3) is 3.94. The first-order chi connectivity index (χ1) is 15.0. The van der Waals surface area contributed by atoms with Crippen molar-refractivity contribution in [2.45, 2.75) is 19.3 Å². The Labute approximate surface area is 180 Å². The highest BCUT2D eigenvalue weighted by atomic mass is 19.1. The molecule has 6 heteroatoms. The fraction of sp³-hybridized carbons (Fsp3) is 0.360. The number of amides is 2. The van der Waals surface area contributed by atoms with E-state index in [0.29, 0.717) is 18.7 Å². The molecule has 5 rings (SSSR count). The number of hydrogen-bond acceptors (Lipinski definition) is 3. The maximum Gasteiger partial charge on any atom is 0.256 e. The molecule has 1 aliphatic carbocycles. The summed E-state index contributed by atoms with van der Waals surface area (Å²) < 4.78 is 20.2. The molecule has 2 heterocycles. The minimum atomic E-state index is -0.529. The Hall–Kier alpha value is -3.15. The van der Waals surface area contributed by atoms with Crippen LogP contribution in [0.5, 0.6) is 0 Å². The molecule has 0 unspecified atom stereocenters. The van der Waals surface area contributed by atoms with E-state index in [1.165, 1.54) is 6.07 Å². The number of benzene rings is 2. The van der Waals surface area contributed by atoms with Gasteiger partial charge in [0.05, 0.1) is 11.8 Å². The second-order valence-corrected chi connectivity index (χ2v) is 8.77. The Morgan fingerprint density at radius 2 is 1.87 bits per heavy atom. The van der Waals surface area contributed by atoms with Gasteiger partial charge in [0.15, 0.2) is 0 Å². The number of fused-ring (bicyclic) bond motifs is 1. The van der Waals surface area contributed by atoms with Crippen LogP contribution in [0.15, 0.2) is 53.1 Å². The summed E-state index contributed by atoms with van der Waals surface area (Å²) in [5.41, 5.74) is 2.43. The molecule has 2 aliphatic rings. The number of halogens is 1. The largest absolute Gasteiger partial charge is 0.464 e. The molecule has 1 atom stereocenters. The maximum atomic E-state index is 14.9. The molecule has 0 N–H and O–H groups in total. The van der Waals surface area contributed by atoms with Crippen LogP contribution < -0.4 is 0 Å². The molecule has 31 heavy (non-hydrogen) atoms. The summed E-state index contributed by atoms with van der Waals surface area (Å²) >= 11 is 0. The zero-order chi connectivity index (χ0) is 21.5. The van der Waals surface area contributed by atoms with Crippen molar-refractivity contribution >= 4 is 22.8 Å². The average molecular weight is 420 g/mol. The zero-order valence-electron chi connectivity index (χ0n) is 17.5. The molecular weight excluding hydrogens is 395 g/mol. The van der Waals surface area contributed by atoms with E-state index < -0.39 is 5.82 Å². The van der Waals surface area contributed by atoms with Gasteiger partial charge in [-0.15, -0.1) is 0 Å². The molecule has 3 aromatic rings. The van der Waals surface area contributed by atoms with Gasteiger partial charge in [0, 0.05) is 38.0 Å². The van der Waals surface area contributed by atoms with E-state index in [-0.39, 0.29) is 29.2 Å². The van der Waals surface area contributed by atoms with E-state index in [1.807, 2.05) is 29.2 Å². The molecule has 2 aromatic carbocycles. The van der Waals surface area contributed by atoms with Crippen LogP contribution in [-0.4, -0.2) is 48.3 Å². The Balaban J connectivity index is 1.26. The van der Waals surface area contributed by atoms with Crippen LogP contribution in [0, 0.1) is 17.7 Å². The molecule has 1 saturated heterocycles. The van der Waals surface area contributed by atoms with Gasteiger partial charge in [0.25, 0.3) is 5.91 Å². The second-order valence-electron chi connectivity index (χ2n) is 8.77. The van der Waals surface area contributed by atoms with Crippen LogP contribution in [0.3, 0.4) is 0 Å². The van der Waals surface area contributed by atoms with E-state index in [0.717, 1.165) is 42.3 Å². The minimum Gasteiger partial charge on any atom is -0.464 e. The fourth-order valence-electron chi connectivity index (χ4n) is 4.46. The third-order valence-corrected chi connectivity index (χ3v) is 6.39. The first kappa shape index (κ1) is 19.8. The summed E-state index contributed by atoms with van der Waals surface area (Å²) in [5.74, 6) is -0.146. The first-order valence-corrected chi connectivity index (χ1v) is 10.8. The van der Waals surface area contributed by atoms with Crippen molar-refractivity contribution < 1.29 is 18.4 Å². The standard InChI is InChI=1S/C25H25FN2O3/c1-27(14-16-8-10-28(15-16)24(29)17-2-3-17)25(30)21-6-4-19(13-22(21)26)18-5-7-23-20(12-18)9-11-31-23/h4-7,9,11-13,16-17H,2-3,8,10,14-15H2,1H3/t16-/m0/s1. The number of carbonyl (C=O) groups is 2. The molecule has 2 amide bonds. The Bertz CT molecular complexity index is 1150. The van der Waals surface area contributed by atoms with E-state index in [4.69, 9.17) is 4.42 Å². The topological polar surface area (TPSA) is 53.8 Å². The van der Waals surface area contributed by atoms with Gasteiger partial charge in [-0.3, -0.25) is 9.59 Å². The molecule has 1 aliphatic heterocycles. The lowest BCUT2D eigenvalue weighted by Crippen LogP contribution is -2.35. The summed E-state index contributed by atoms with van der Waals surface area (Å²) in [5, 5.41) is 0.948. The summed E-state index contributed by atoms with van der Waals surface area (Å²) in [6, 6.07) is 12.3. The van der Waals surface area contributed by atoms with Crippen LogP contribution >= 0.6 is 0 Å². The van der Waals surface area contributed by atoms with E-state index in [1.54, 1.807) is 30.3 Å². The molecule has 5 nitrogen and oxygen atoms in total. The predicted molar refractivity (Wildman–Crippen MR) is 116 cm³/mol. The van der Waals surface area contributed by atoms with Gasteiger partial charge >= 0.3 is 0 Å². The molecule has 0 radical (unpaired) electrons. The van der Waals surface area contributed by atoms with Crippen LogP contribution in [0.25, 0.3) is 22.1 Å². The normalized spacial score (nSPS) is 18.5. The average Bonchev–Trinajstić information content (AvgIpc) is 3.33. The van der Waals surface area contributed by atoms with E-state index in [9.17, 15) is 14.0 Å². The highest BCUT2D eigenvalue weighted by molar-refractivity contribution is 5.95. The van der Waals surface area contributed by atoms with Gasteiger partial charge in [-0.1, -0.05) is 12.1 Å². The van der Waals surface area contributed by atoms with Gasteiger partial charge in [-0.25, -0.2) is 4.39 Å². The summed E-state index contributed by atoms with van der Waals surface area (Å²) in [4.78, 5) is 28.6. The van der Waals surface area contributed by atoms with Crippen LogP contribution in [0.2, 0.25) is 0 Å². The maximum absolute atomic E-state index is 14.9. The van der Waals surface area contributed by atoms with Gasteiger partial charge in [-0.05, 0) is 66.6 Å². The van der Waals surface area contributed by atoms with Crippen molar-refractivity contribution in [3.8, 4) is 11.1 Å². The first-order valence-electron chi connectivity index (χ1n) is 10.8. The monoisotopic (exact) mass is 420 g/mol. The fourth-order valence-corrected chi connectivity index (χ4v) is 4.46. The number of nitrogens with zero attached hydrogens (tertiary/aromatic N) is 2. The van der Waals surface area contributed by atoms with Crippen molar-refractivity contribution in [1.29, 1.82) is 0 Å². The quantitative estimate of drug-likeness (QED) is 0.608. The van der Waals surface area contributed by atoms with Crippen molar-refractivity contribution in [3.05, 3.63) is 60.1 Å². The number of likely N-dealkylation sites (tertiary alicyclic amines) is 1. The molecule has 160 valence electrons. The molecule has 0 bridgehead atoms. The van der Waals surface area contributed by atoms with Crippen molar-refractivity contribution in [2.24, 2.45) is 11.8 Å². The predicted octanol–water partition coefficient (Wildman–Crippen LogP) is 4.57. The van der Waals surface area contributed by atoms with Crippen LogP contribution in [0.1, 0.15) is 29.6 Å². The Morgan fingerprint density at radius 1 is 1.10 bits per heavy atom. The van der Waals surface area contributed by atoms with Gasteiger partial charge < -0.3 is 14.2 Å². The van der Waals surface area contributed by atoms with Gasteiger partial charge in [0.2, 0.25) is 5.91 Å². The molecule has 0 spiro atoms. The van der Waals surface area contributed by atoms with E-state index in [2.05, 4.69) is 0 Å². The van der Waals surface area contributed by atoms with Crippen molar-refractivity contribution in [1.82, 2.24) is 9.80 Å². The highest BCUT2D eigenvalue weighted by Gasteiger charge is 2.37. The van der Waals surface area contributed by atoms with Gasteiger partial charge in [0.1, 0.15) is 11.4 Å².